The number of aromatic nitrogens is 2. The summed E-state index contributed by atoms with van der Waals surface area (Å²) in [6.45, 7) is 0.718. The van der Waals surface area contributed by atoms with Gasteiger partial charge in [-0.3, -0.25) is 5.10 Å². The van der Waals surface area contributed by atoms with Crippen LogP contribution in [0.15, 0.2) is 28.9 Å². The number of H-pyrrole nitrogens is 1. The molecule has 0 fully saturated rings. The zero-order valence-electron chi connectivity index (χ0n) is 8.72. The number of nitrogens with zero attached hydrogens (tertiary/aromatic N) is 1. The van der Waals surface area contributed by atoms with Crippen molar-refractivity contribution in [3.8, 4) is 11.3 Å². The van der Waals surface area contributed by atoms with E-state index in [1.165, 1.54) is 12.1 Å². The maximum absolute atomic E-state index is 13.0. The molecule has 2 aromatic rings. The Morgan fingerprint density at radius 2 is 2.31 bits per heavy atom. The largest absolute Gasteiger partial charge is 0.316 e. The van der Waals surface area contributed by atoms with Crippen molar-refractivity contribution < 1.29 is 4.39 Å². The molecule has 0 saturated heterocycles. The molecular formula is C11H11BrFN3. The zero-order valence-corrected chi connectivity index (χ0v) is 10.3. The van der Waals surface area contributed by atoms with E-state index in [2.05, 4.69) is 31.4 Å². The van der Waals surface area contributed by atoms with Gasteiger partial charge in [0.05, 0.1) is 11.9 Å². The average molecular weight is 284 g/mol. The molecule has 1 aromatic heterocycles. The van der Waals surface area contributed by atoms with Crippen molar-refractivity contribution >= 4 is 15.9 Å². The molecular weight excluding hydrogens is 273 g/mol. The number of nitrogens with one attached hydrogen (secondary N) is 2. The third-order valence-electron chi connectivity index (χ3n) is 2.29. The summed E-state index contributed by atoms with van der Waals surface area (Å²) in [5.74, 6) is -0.259. The maximum atomic E-state index is 13.0. The highest BCUT2D eigenvalue weighted by atomic mass is 79.9. The normalized spacial score (nSPS) is 10.7. The van der Waals surface area contributed by atoms with E-state index in [0.29, 0.717) is 4.47 Å². The number of rotatable bonds is 3. The Morgan fingerprint density at radius 1 is 1.50 bits per heavy atom. The first kappa shape index (κ1) is 11.3. The highest BCUT2D eigenvalue weighted by Gasteiger charge is 2.10. The van der Waals surface area contributed by atoms with Crippen molar-refractivity contribution in [1.29, 1.82) is 0 Å². The van der Waals surface area contributed by atoms with Crippen molar-refractivity contribution in [2.24, 2.45) is 0 Å². The number of aromatic amines is 1. The van der Waals surface area contributed by atoms with Gasteiger partial charge >= 0.3 is 0 Å². The van der Waals surface area contributed by atoms with Crippen LogP contribution in [0, 0.1) is 5.82 Å². The molecule has 0 aliphatic rings. The van der Waals surface area contributed by atoms with E-state index in [4.69, 9.17) is 0 Å². The van der Waals surface area contributed by atoms with Gasteiger partial charge in [0, 0.05) is 22.1 Å². The number of halogens is 2. The van der Waals surface area contributed by atoms with Gasteiger partial charge in [0.2, 0.25) is 0 Å². The van der Waals surface area contributed by atoms with Crippen molar-refractivity contribution in [3.63, 3.8) is 0 Å². The fraction of sp³-hybridized carbons (Fsp3) is 0.182. The minimum atomic E-state index is -0.259. The minimum Gasteiger partial charge on any atom is -0.316 e. The Bertz CT molecular complexity index is 496. The van der Waals surface area contributed by atoms with Crippen LogP contribution in [-0.2, 0) is 6.54 Å². The lowest BCUT2D eigenvalue weighted by atomic mass is 10.1. The molecule has 0 amide bonds. The molecule has 0 bridgehead atoms. The Morgan fingerprint density at radius 3 is 3.00 bits per heavy atom. The van der Waals surface area contributed by atoms with Crippen molar-refractivity contribution in [3.05, 3.63) is 40.2 Å². The van der Waals surface area contributed by atoms with Crippen LogP contribution >= 0.6 is 15.9 Å². The molecule has 1 aromatic carbocycles. The van der Waals surface area contributed by atoms with Crippen LogP contribution in [0.3, 0.4) is 0 Å². The van der Waals surface area contributed by atoms with E-state index in [-0.39, 0.29) is 5.82 Å². The van der Waals surface area contributed by atoms with Crippen molar-refractivity contribution in [2.45, 2.75) is 6.54 Å². The van der Waals surface area contributed by atoms with Crippen molar-refractivity contribution in [1.82, 2.24) is 15.5 Å². The fourth-order valence-electron chi connectivity index (χ4n) is 1.56. The van der Waals surface area contributed by atoms with Crippen LogP contribution < -0.4 is 5.32 Å². The van der Waals surface area contributed by atoms with E-state index in [0.717, 1.165) is 23.4 Å². The summed E-state index contributed by atoms with van der Waals surface area (Å²) in [4.78, 5) is 0. The van der Waals surface area contributed by atoms with Crippen LogP contribution in [0.2, 0.25) is 0 Å². The van der Waals surface area contributed by atoms with Gasteiger partial charge in [-0.25, -0.2) is 4.39 Å². The molecule has 0 radical (unpaired) electrons. The molecule has 0 spiro atoms. The second-order valence-electron chi connectivity index (χ2n) is 3.42. The standard InChI is InChI=1S/C11H11BrFN3/c1-14-5-7-6-15-16-11(7)9-3-2-8(13)4-10(9)12/h2-4,6,14H,5H2,1H3,(H,15,16). The Labute approximate surface area is 101 Å². The predicted octanol–water partition coefficient (Wildman–Crippen LogP) is 2.70. The lowest BCUT2D eigenvalue weighted by Gasteiger charge is -2.05. The van der Waals surface area contributed by atoms with E-state index < -0.39 is 0 Å². The van der Waals surface area contributed by atoms with Crippen LogP contribution in [0.25, 0.3) is 11.3 Å². The summed E-state index contributed by atoms with van der Waals surface area (Å²) < 4.78 is 13.7. The summed E-state index contributed by atoms with van der Waals surface area (Å²) >= 11 is 3.35. The van der Waals surface area contributed by atoms with Gasteiger partial charge in [0.25, 0.3) is 0 Å². The topological polar surface area (TPSA) is 40.7 Å². The predicted molar refractivity (Wildman–Crippen MR) is 64.4 cm³/mol. The van der Waals surface area contributed by atoms with Gasteiger partial charge in [-0.15, -0.1) is 0 Å². The second-order valence-corrected chi connectivity index (χ2v) is 4.28. The number of benzene rings is 1. The quantitative estimate of drug-likeness (QED) is 0.909. The first-order valence-electron chi connectivity index (χ1n) is 4.84. The van der Waals surface area contributed by atoms with Crippen LogP contribution in [0.5, 0.6) is 0 Å². The summed E-state index contributed by atoms with van der Waals surface area (Å²) in [7, 11) is 1.87. The monoisotopic (exact) mass is 283 g/mol. The summed E-state index contributed by atoms with van der Waals surface area (Å²) in [6.07, 6.45) is 1.77. The van der Waals surface area contributed by atoms with Gasteiger partial charge in [0.1, 0.15) is 5.82 Å². The summed E-state index contributed by atoms with van der Waals surface area (Å²) in [5.41, 5.74) is 2.86. The molecule has 2 rings (SSSR count). The molecule has 3 nitrogen and oxygen atoms in total. The molecule has 1 heterocycles. The van der Waals surface area contributed by atoms with E-state index in [1.807, 2.05) is 7.05 Å². The van der Waals surface area contributed by atoms with Crippen LogP contribution in [0.4, 0.5) is 4.39 Å². The van der Waals surface area contributed by atoms with E-state index in [9.17, 15) is 4.39 Å². The van der Waals surface area contributed by atoms with E-state index in [1.54, 1.807) is 12.3 Å². The zero-order chi connectivity index (χ0) is 11.5. The van der Waals surface area contributed by atoms with Crippen LogP contribution in [0.1, 0.15) is 5.56 Å². The van der Waals surface area contributed by atoms with E-state index >= 15 is 0 Å². The summed E-state index contributed by atoms with van der Waals surface area (Å²) in [6, 6.07) is 4.61. The van der Waals surface area contributed by atoms with Gasteiger partial charge in [-0.05, 0) is 41.2 Å². The Balaban J connectivity index is 2.46. The molecule has 5 heteroatoms. The maximum Gasteiger partial charge on any atom is 0.124 e. The highest BCUT2D eigenvalue weighted by molar-refractivity contribution is 9.10. The lowest BCUT2D eigenvalue weighted by Crippen LogP contribution is -2.05. The number of hydrogen-bond donors (Lipinski definition) is 2. The average Bonchev–Trinajstić information content (AvgIpc) is 2.67. The Kier molecular flexibility index (Phi) is 3.36. The van der Waals surface area contributed by atoms with Gasteiger partial charge in [-0.2, -0.15) is 5.10 Å². The Hall–Kier alpha value is -1.20. The molecule has 0 aliphatic heterocycles. The third kappa shape index (κ3) is 2.15. The fourth-order valence-corrected chi connectivity index (χ4v) is 2.11. The molecule has 84 valence electrons. The third-order valence-corrected chi connectivity index (χ3v) is 2.94. The first-order valence-corrected chi connectivity index (χ1v) is 5.64. The molecule has 0 saturated carbocycles. The van der Waals surface area contributed by atoms with Gasteiger partial charge in [-0.1, -0.05) is 0 Å². The highest BCUT2D eigenvalue weighted by Crippen LogP contribution is 2.29. The first-order chi connectivity index (χ1) is 7.72. The van der Waals surface area contributed by atoms with Gasteiger partial charge in [0.15, 0.2) is 0 Å². The smallest absolute Gasteiger partial charge is 0.124 e. The van der Waals surface area contributed by atoms with Crippen molar-refractivity contribution in [2.75, 3.05) is 7.05 Å². The molecule has 16 heavy (non-hydrogen) atoms. The SMILES string of the molecule is CNCc1cn[nH]c1-c1ccc(F)cc1Br. The molecule has 0 atom stereocenters. The number of hydrogen-bond acceptors (Lipinski definition) is 2. The lowest BCUT2D eigenvalue weighted by molar-refractivity contribution is 0.627. The molecule has 2 N–H and O–H groups in total. The molecule has 0 aliphatic carbocycles. The van der Waals surface area contributed by atoms with Gasteiger partial charge < -0.3 is 5.32 Å². The minimum absolute atomic E-state index is 0.259. The molecule has 0 unspecified atom stereocenters. The summed E-state index contributed by atoms with van der Waals surface area (Å²) in [5, 5.41) is 9.99. The second kappa shape index (κ2) is 4.76. The van der Waals surface area contributed by atoms with Crippen LogP contribution in [-0.4, -0.2) is 17.2 Å².